The van der Waals surface area contributed by atoms with Crippen molar-refractivity contribution >= 4 is 0 Å². The van der Waals surface area contributed by atoms with E-state index in [9.17, 15) is 0 Å². The molecule has 0 aromatic rings. The van der Waals surface area contributed by atoms with Gasteiger partial charge in [-0.25, -0.2) is 0 Å². The molecule has 0 bridgehead atoms. The minimum Gasteiger partial charge on any atom is -0.0654 e. The third kappa shape index (κ3) is 7.26. The normalized spacial score (nSPS) is 41.9. The van der Waals surface area contributed by atoms with Gasteiger partial charge in [0.05, 0.1) is 0 Å². The Hall–Kier alpha value is 0. The molecule has 5 unspecified atom stereocenters. The third-order valence-corrected chi connectivity index (χ3v) is 11.3. The molecule has 4 fully saturated rings. The molecule has 4 rings (SSSR count). The van der Waals surface area contributed by atoms with Crippen LogP contribution in [0.1, 0.15) is 145 Å². The average molecular weight is 459 g/mol. The molecule has 0 aliphatic heterocycles. The SMILES string of the molecule is CC1CCC(C(C)C)CC1.CCCC1C(C)CC2CCCC2C1C1CCC(C(C)(C)C)CC1. The minimum atomic E-state index is 0.531. The average Bonchev–Trinajstić information content (AvgIpc) is 3.22. The minimum absolute atomic E-state index is 0.531. The van der Waals surface area contributed by atoms with Crippen LogP contribution < -0.4 is 0 Å². The van der Waals surface area contributed by atoms with E-state index in [-0.39, 0.29) is 0 Å². The van der Waals surface area contributed by atoms with Crippen molar-refractivity contribution in [3.05, 3.63) is 0 Å². The van der Waals surface area contributed by atoms with Gasteiger partial charge >= 0.3 is 0 Å². The van der Waals surface area contributed by atoms with Crippen molar-refractivity contribution in [1.29, 1.82) is 0 Å². The van der Waals surface area contributed by atoms with E-state index in [1.165, 1.54) is 57.8 Å². The maximum atomic E-state index is 2.60. The first kappa shape index (κ1) is 27.6. The lowest BCUT2D eigenvalue weighted by atomic mass is 9.55. The van der Waals surface area contributed by atoms with Gasteiger partial charge in [0, 0.05) is 0 Å². The lowest BCUT2D eigenvalue weighted by Crippen LogP contribution is -2.42. The summed E-state index contributed by atoms with van der Waals surface area (Å²) >= 11 is 0. The number of hydrogen-bond donors (Lipinski definition) is 0. The Labute approximate surface area is 209 Å². The molecule has 0 amide bonds. The summed E-state index contributed by atoms with van der Waals surface area (Å²) in [6, 6.07) is 0. The van der Waals surface area contributed by atoms with Crippen molar-refractivity contribution in [3.8, 4) is 0 Å². The first-order valence-electron chi connectivity index (χ1n) is 15.6. The molecule has 4 aliphatic rings. The van der Waals surface area contributed by atoms with Crippen LogP contribution in [0.4, 0.5) is 0 Å². The Morgan fingerprint density at radius 2 is 1.39 bits per heavy atom. The van der Waals surface area contributed by atoms with Crippen molar-refractivity contribution in [2.45, 2.75) is 145 Å². The zero-order valence-corrected chi connectivity index (χ0v) is 24.2. The van der Waals surface area contributed by atoms with E-state index in [0.717, 1.165) is 59.2 Å². The summed E-state index contributed by atoms with van der Waals surface area (Å²) in [5.41, 5.74) is 0.531. The summed E-state index contributed by atoms with van der Waals surface area (Å²) < 4.78 is 0. The molecule has 4 saturated carbocycles. The zero-order valence-electron chi connectivity index (χ0n) is 24.2. The van der Waals surface area contributed by atoms with Gasteiger partial charge in [-0.05, 0) is 116 Å². The van der Waals surface area contributed by atoms with Gasteiger partial charge in [0.1, 0.15) is 0 Å². The van der Waals surface area contributed by atoms with E-state index in [1.807, 2.05) is 0 Å². The third-order valence-electron chi connectivity index (χ3n) is 11.3. The molecule has 33 heavy (non-hydrogen) atoms. The number of fused-ring (bicyclic) bond motifs is 1. The van der Waals surface area contributed by atoms with Gasteiger partial charge in [-0.3, -0.25) is 0 Å². The Bertz CT molecular complexity index is 537. The Balaban J connectivity index is 0.000000257. The van der Waals surface area contributed by atoms with E-state index in [2.05, 4.69) is 55.4 Å². The maximum Gasteiger partial charge on any atom is -0.0324 e. The predicted octanol–water partition coefficient (Wildman–Crippen LogP) is 10.8. The van der Waals surface area contributed by atoms with Crippen LogP contribution in [0.25, 0.3) is 0 Å². The summed E-state index contributed by atoms with van der Waals surface area (Å²) in [6.45, 7) is 19.5. The maximum absolute atomic E-state index is 2.60. The lowest BCUT2D eigenvalue weighted by Gasteiger charge is -2.50. The van der Waals surface area contributed by atoms with Crippen molar-refractivity contribution in [1.82, 2.24) is 0 Å². The van der Waals surface area contributed by atoms with E-state index in [0.29, 0.717) is 5.41 Å². The standard InChI is InChI=1S/C23H42.C10H20/c1-6-8-20-16(2)15-18-9-7-10-21(18)22(20)17-11-13-19(14-12-17)23(3,4)5;1-8(2)10-6-4-9(3)5-7-10/h16-22H,6-15H2,1-5H3;8-10H,4-7H2,1-3H3. The second kappa shape index (κ2) is 12.3. The van der Waals surface area contributed by atoms with Gasteiger partial charge in [0.2, 0.25) is 0 Å². The summed E-state index contributed by atoms with van der Waals surface area (Å²) in [6.07, 6.45) is 21.2. The molecular formula is C33H62. The molecular weight excluding hydrogens is 396 g/mol. The Kier molecular flexibility index (Phi) is 10.3. The molecule has 0 aromatic carbocycles. The largest absolute Gasteiger partial charge is 0.0654 e. The van der Waals surface area contributed by atoms with Crippen LogP contribution in [0.15, 0.2) is 0 Å². The fourth-order valence-corrected chi connectivity index (χ4v) is 9.05. The number of hydrogen-bond acceptors (Lipinski definition) is 0. The summed E-state index contributed by atoms with van der Waals surface area (Å²) in [5, 5.41) is 0. The van der Waals surface area contributed by atoms with Gasteiger partial charge in [0.25, 0.3) is 0 Å². The molecule has 0 aromatic heterocycles. The molecule has 194 valence electrons. The van der Waals surface area contributed by atoms with Crippen molar-refractivity contribution < 1.29 is 0 Å². The molecule has 0 spiro atoms. The van der Waals surface area contributed by atoms with Crippen LogP contribution >= 0.6 is 0 Å². The molecule has 0 saturated heterocycles. The predicted molar refractivity (Wildman–Crippen MR) is 147 cm³/mol. The van der Waals surface area contributed by atoms with Crippen LogP contribution in [0.2, 0.25) is 0 Å². The van der Waals surface area contributed by atoms with Gasteiger partial charge in [-0.1, -0.05) is 93.9 Å². The Morgan fingerprint density at radius 1 is 0.758 bits per heavy atom. The highest BCUT2D eigenvalue weighted by atomic mass is 14.5. The molecule has 4 aliphatic carbocycles. The van der Waals surface area contributed by atoms with Gasteiger partial charge in [-0.2, -0.15) is 0 Å². The van der Waals surface area contributed by atoms with Crippen molar-refractivity contribution in [2.24, 2.45) is 64.6 Å². The highest BCUT2D eigenvalue weighted by molar-refractivity contribution is 4.97. The van der Waals surface area contributed by atoms with Crippen molar-refractivity contribution in [2.75, 3.05) is 0 Å². The molecule has 0 nitrogen and oxygen atoms in total. The zero-order chi connectivity index (χ0) is 24.2. The smallest absolute Gasteiger partial charge is 0.0324 e. The summed E-state index contributed by atoms with van der Waals surface area (Å²) in [5.74, 6) is 10.4. The lowest BCUT2D eigenvalue weighted by molar-refractivity contribution is -0.00903. The summed E-state index contributed by atoms with van der Waals surface area (Å²) in [7, 11) is 0. The van der Waals surface area contributed by atoms with E-state index in [1.54, 1.807) is 32.1 Å². The van der Waals surface area contributed by atoms with Crippen LogP contribution in [0, 0.1) is 64.6 Å². The molecule has 5 atom stereocenters. The second-order valence-corrected chi connectivity index (χ2v) is 14.8. The highest BCUT2D eigenvalue weighted by Crippen LogP contribution is 2.56. The topological polar surface area (TPSA) is 0 Å². The summed E-state index contributed by atoms with van der Waals surface area (Å²) in [4.78, 5) is 0. The van der Waals surface area contributed by atoms with Gasteiger partial charge in [0.15, 0.2) is 0 Å². The molecule has 0 heteroatoms. The Morgan fingerprint density at radius 3 is 1.94 bits per heavy atom. The van der Waals surface area contributed by atoms with Gasteiger partial charge in [-0.15, -0.1) is 0 Å². The fourth-order valence-electron chi connectivity index (χ4n) is 9.05. The number of rotatable bonds is 4. The van der Waals surface area contributed by atoms with Gasteiger partial charge < -0.3 is 0 Å². The van der Waals surface area contributed by atoms with E-state index in [4.69, 9.17) is 0 Å². The molecule has 0 heterocycles. The van der Waals surface area contributed by atoms with E-state index < -0.39 is 0 Å². The van der Waals surface area contributed by atoms with Crippen molar-refractivity contribution in [3.63, 3.8) is 0 Å². The first-order chi connectivity index (χ1) is 15.6. The first-order valence-corrected chi connectivity index (χ1v) is 15.6. The van der Waals surface area contributed by atoms with Crippen LogP contribution in [0.5, 0.6) is 0 Å². The van der Waals surface area contributed by atoms with Crippen LogP contribution in [-0.2, 0) is 0 Å². The highest BCUT2D eigenvalue weighted by Gasteiger charge is 2.48. The molecule has 0 N–H and O–H groups in total. The van der Waals surface area contributed by atoms with E-state index >= 15 is 0 Å². The second-order valence-electron chi connectivity index (χ2n) is 14.8. The monoisotopic (exact) mass is 458 g/mol. The fraction of sp³-hybridized carbons (Fsp3) is 1.00. The quantitative estimate of drug-likeness (QED) is 0.393. The van der Waals surface area contributed by atoms with Crippen LogP contribution in [0.3, 0.4) is 0 Å². The van der Waals surface area contributed by atoms with Crippen LogP contribution in [-0.4, -0.2) is 0 Å². The molecule has 0 radical (unpaired) electrons.